The highest BCUT2D eigenvalue weighted by molar-refractivity contribution is 5.76. The van der Waals surface area contributed by atoms with Gasteiger partial charge in [-0.3, -0.25) is 9.36 Å². The van der Waals surface area contributed by atoms with Crippen LogP contribution in [0, 0.1) is 0 Å². The van der Waals surface area contributed by atoms with Crippen LogP contribution in [0.5, 0.6) is 0 Å². The molecule has 2 aromatic rings. The molecule has 4 atom stereocenters. The van der Waals surface area contributed by atoms with Crippen LogP contribution < -0.4 is 17.2 Å². The Bertz CT molecular complexity index is 924. The fourth-order valence-electron chi connectivity index (χ4n) is 3.03. The van der Waals surface area contributed by atoms with E-state index in [1.165, 1.54) is 0 Å². The summed E-state index contributed by atoms with van der Waals surface area (Å²) in [4.78, 5) is 27.6. The number of alkyl halides is 2. The van der Waals surface area contributed by atoms with Crippen LogP contribution >= 0.6 is 0 Å². The number of nitrogen functional groups attached to an aromatic ring is 1. The predicted octanol–water partition coefficient (Wildman–Crippen LogP) is -0.168. The van der Waals surface area contributed by atoms with Crippen molar-refractivity contribution in [3.63, 3.8) is 0 Å². The molecule has 0 aliphatic carbocycles. The van der Waals surface area contributed by atoms with Crippen LogP contribution in [0.25, 0.3) is 0 Å². The lowest BCUT2D eigenvalue weighted by molar-refractivity contribution is -0.177. The number of rotatable bonds is 6. The lowest BCUT2D eigenvalue weighted by atomic mass is 10.1. The maximum absolute atomic E-state index is 15.0. The number of esters is 1. The molecule has 1 saturated heterocycles. The van der Waals surface area contributed by atoms with Crippen molar-refractivity contribution in [2.45, 2.75) is 36.8 Å². The van der Waals surface area contributed by atoms with Crippen molar-refractivity contribution < 1.29 is 28.2 Å². The summed E-state index contributed by atoms with van der Waals surface area (Å²) < 4.78 is 40.5. The van der Waals surface area contributed by atoms with E-state index < -0.39 is 48.7 Å². The summed E-state index contributed by atoms with van der Waals surface area (Å²) in [5.74, 6) is -5.07. The minimum Gasteiger partial charge on any atom is -0.452 e. The number of nitrogens with zero attached hydrogens (tertiary/aromatic N) is 2. The molecule has 3 rings (SSSR count). The number of carbonyl (C=O) groups is 1. The molecular formula is C18H20F2N4O5. The number of halogens is 2. The summed E-state index contributed by atoms with van der Waals surface area (Å²) in [5, 5.41) is 9.43. The first-order chi connectivity index (χ1) is 13.7. The van der Waals surface area contributed by atoms with Crippen molar-refractivity contribution in [2.75, 3.05) is 12.3 Å². The Hall–Kier alpha value is -2.89. The maximum atomic E-state index is 15.0. The van der Waals surface area contributed by atoms with Crippen molar-refractivity contribution in [1.82, 2.24) is 9.55 Å². The molecule has 156 valence electrons. The first-order valence-electron chi connectivity index (χ1n) is 8.72. The molecule has 1 fully saturated rings. The van der Waals surface area contributed by atoms with E-state index in [4.69, 9.17) is 20.9 Å². The monoisotopic (exact) mass is 410 g/mol. The van der Waals surface area contributed by atoms with Gasteiger partial charge in [-0.25, -0.2) is 4.79 Å². The second kappa shape index (κ2) is 8.23. The first kappa shape index (κ1) is 20.8. The quantitative estimate of drug-likeness (QED) is 0.557. The number of anilines is 1. The van der Waals surface area contributed by atoms with Gasteiger partial charge >= 0.3 is 17.6 Å². The van der Waals surface area contributed by atoms with Crippen LogP contribution in [0.1, 0.15) is 11.8 Å². The molecule has 5 N–H and O–H groups in total. The Kier molecular flexibility index (Phi) is 5.91. The number of hydrogen-bond acceptors (Lipinski definition) is 8. The second-order valence-electron chi connectivity index (χ2n) is 6.58. The fourth-order valence-corrected chi connectivity index (χ4v) is 3.03. The number of aromatic nitrogens is 2. The molecule has 0 bridgehead atoms. The smallest absolute Gasteiger partial charge is 0.351 e. The van der Waals surface area contributed by atoms with Crippen molar-refractivity contribution in [3.8, 4) is 0 Å². The summed E-state index contributed by atoms with van der Waals surface area (Å²) in [6, 6.07) is 8.68. The number of hydrogen-bond donors (Lipinski definition) is 3. The van der Waals surface area contributed by atoms with E-state index in [9.17, 15) is 23.5 Å². The van der Waals surface area contributed by atoms with Crippen LogP contribution in [-0.4, -0.2) is 51.4 Å². The summed E-state index contributed by atoms with van der Waals surface area (Å²) in [5.41, 5.74) is 10.8. The predicted molar refractivity (Wildman–Crippen MR) is 96.9 cm³/mol. The third-order valence-electron chi connectivity index (χ3n) is 4.48. The summed E-state index contributed by atoms with van der Waals surface area (Å²) in [7, 11) is 0. The Morgan fingerprint density at radius 1 is 1.34 bits per heavy atom. The van der Waals surface area contributed by atoms with Gasteiger partial charge in [0.15, 0.2) is 6.10 Å². The lowest BCUT2D eigenvalue weighted by Gasteiger charge is -2.25. The largest absolute Gasteiger partial charge is 0.452 e. The molecule has 0 unspecified atom stereocenters. The van der Waals surface area contributed by atoms with Gasteiger partial charge in [-0.15, -0.1) is 0 Å². The molecule has 9 nitrogen and oxygen atoms in total. The van der Waals surface area contributed by atoms with E-state index in [1.807, 2.05) is 0 Å². The molecule has 1 aliphatic heterocycles. The van der Waals surface area contributed by atoms with E-state index in [1.54, 1.807) is 30.3 Å². The maximum Gasteiger partial charge on any atom is 0.351 e. The average Bonchev–Trinajstić information content (AvgIpc) is 2.93. The number of aliphatic hydroxyl groups is 1. The van der Waals surface area contributed by atoms with Crippen LogP contribution in [0.4, 0.5) is 14.6 Å². The van der Waals surface area contributed by atoms with Crippen molar-refractivity contribution >= 4 is 11.8 Å². The van der Waals surface area contributed by atoms with Crippen molar-refractivity contribution in [1.29, 1.82) is 0 Å². The van der Waals surface area contributed by atoms with E-state index >= 15 is 0 Å². The molecule has 1 aliphatic rings. The minimum absolute atomic E-state index is 0.0768. The minimum atomic E-state index is -3.84. The zero-order valence-electron chi connectivity index (χ0n) is 15.2. The number of ether oxygens (including phenoxy) is 2. The first-order valence-corrected chi connectivity index (χ1v) is 8.72. The van der Waals surface area contributed by atoms with Crippen molar-refractivity contribution in [2.24, 2.45) is 5.73 Å². The molecule has 0 saturated carbocycles. The highest BCUT2D eigenvalue weighted by atomic mass is 19.3. The van der Waals surface area contributed by atoms with Gasteiger partial charge in [0.25, 0.3) is 0 Å². The van der Waals surface area contributed by atoms with Gasteiger partial charge in [-0.2, -0.15) is 13.8 Å². The fraction of sp³-hybridized carbons (Fsp3) is 0.389. The van der Waals surface area contributed by atoms with E-state index in [0.29, 0.717) is 4.57 Å². The average molecular weight is 410 g/mol. The second-order valence-corrected chi connectivity index (χ2v) is 6.58. The zero-order valence-corrected chi connectivity index (χ0v) is 15.2. The van der Waals surface area contributed by atoms with Crippen LogP contribution in [-0.2, 0) is 20.7 Å². The van der Waals surface area contributed by atoms with E-state index in [-0.39, 0.29) is 12.2 Å². The van der Waals surface area contributed by atoms with Gasteiger partial charge in [0.2, 0.25) is 6.23 Å². The molecule has 11 heteroatoms. The third-order valence-corrected chi connectivity index (χ3v) is 4.48. The number of aliphatic hydroxyl groups excluding tert-OH is 1. The van der Waals surface area contributed by atoms with Crippen LogP contribution in [0.2, 0.25) is 0 Å². The lowest BCUT2D eigenvalue weighted by Crippen LogP contribution is -2.47. The van der Waals surface area contributed by atoms with Gasteiger partial charge in [0.1, 0.15) is 18.0 Å². The molecule has 1 aromatic carbocycles. The molecule has 29 heavy (non-hydrogen) atoms. The van der Waals surface area contributed by atoms with Crippen LogP contribution in [0.3, 0.4) is 0 Å². The normalized spacial score (nSPS) is 24.2. The molecule has 0 spiro atoms. The van der Waals surface area contributed by atoms with Gasteiger partial charge < -0.3 is 26.0 Å². The Morgan fingerprint density at radius 2 is 2.03 bits per heavy atom. The van der Waals surface area contributed by atoms with Crippen LogP contribution in [0.15, 0.2) is 47.4 Å². The number of benzene rings is 1. The van der Waals surface area contributed by atoms with Gasteiger partial charge in [0, 0.05) is 6.20 Å². The molecule has 0 radical (unpaired) electrons. The zero-order chi connectivity index (χ0) is 21.2. The van der Waals surface area contributed by atoms with Gasteiger partial charge in [0.05, 0.1) is 6.61 Å². The highest BCUT2D eigenvalue weighted by Crippen LogP contribution is 2.43. The Morgan fingerprint density at radius 3 is 2.66 bits per heavy atom. The summed E-state index contributed by atoms with van der Waals surface area (Å²) >= 11 is 0. The SMILES string of the molecule is Nc1ccn([C@@H]2O[C@H](CO)[C@@H](OC(=O)[C@@H](N)Cc3ccccc3)C2(F)F)c(=O)n1. The number of nitrogens with two attached hydrogens (primary N) is 2. The summed E-state index contributed by atoms with van der Waals surface area (Å²) in [6.45, 7) is -0.866. The van der Waals surface area contributed by atoms with Gasteiger partial charge in [-0.05, 0) is 18.1 Å². The molecule has 2 heterocycles. The van der Waals surface area contributed by atoms with Crippen molar-refractivity contribution in [3.05, 3.63) is 58.6 Å². The van der Waals surface area contributed by atoms with E-state index in [2.05, 4.69) is 4.98 Å². The summed E-state index contributed by atoms with van der Waals surface area (Å²) in [6.07, 6.45) is -4.77. The third kappa shape index (κ3) is 4.26. The Labute approximate surface area is 163 Å². The molecule has 1 aromatic heterocycles. The molecular weight excluding hydrogens is 390 g/mol. The topological polar surface area (TPSA) is 143 Å². The molecule has 0 amide bonds. The standard InChI is InChI=1S/C18H20F2N4O5/c19-18(20)14(29-15(26)11(21)8-10-4-2-1-3-5-10)12(9-25)28-16(18)24-7-6-13(22)23-17(24)27/h1-7,11-12,14,16,25H,8-9,21H2,(H2,22,23,27)/t11-,12+,14+,16+/m0/s1. The Balaban J connectivity index is 1.78. The highest BCUT2D eigenvalue weighted by Gasteiger charge is 2.62. The van der Waals surface area contributed by atoms with E-state index in [0.717, 1.165) is 17.8 Å². The van der Waals surface area contributed by atoms with Gasteiger partial charge in [-0.1, -0.05) is 30.3 Å². The number of carbonyl (C=O) groups excluding carboxylic acids is 1.